The molecule has 2 aromatic heterocycles. The second kappa shape index (κ2) is 7.34. The van der Waals surface area contributed by atoms with E-state index in [0.717, 1.165) is 49.4 Å². The van der Waals surface area contributed by atoms with E-state index in [1.807, 2.05) is 12.1 Å². The van der Waals surface area contributed by atoms with Crippen molar-refractivity contribution in [2.75, 3.05) is 0 Å². The van der Waals surface area contributed by atoms with Crippen molar-refractivity contribution in [3.05, 3.63) is 121 Å². The van der Waals surface area contributed by atoms with E-state index < -0.39 is 0 Å². The molecule has 2 heterocycles. The van der Waals surface area contributed by atoms with E-state index in [0.29, 0.717) is 0 Å². The predicted molar refractivity (Wildman–Crippen MR) is 149 cm³/mol. The van der Waals surface area contributed by atoms with E-state index in [9.17, 15) is 0 Å². The summed E-state index contributed by atoms with van der Waals surface area (Å²) < 4.78 is 12.9. The van der Waals surface area contributed by atoms with Gasteiger partial charge >= 0.3 is 0 Å². The van der Waals surface area contributed by atoms with E-state index in [1.165, 1.54) is 27.5 Å². The third-order valence-corrected chi connectivity index (χ3v) is 7.26. The largest absolute Gasteiger partial charge is 0.452 e. The molecule has 0 unspecified atom stereocenters. The zero-order chi connectivity index (χ0) is 23.6. The van der Waals surface area contributed by atoms with E-state index in [1.54, 1.807) is 0 Å². The highest BCUT2D eigenvalue weighted by molar-refractivity contribution is 6.33. The maximum Gasteiger partial charge on any atom is 0.179 e. The van der Waals surface area contributed by atoms with Gasteiger partial charge in [-0.05, 0) is 57.3 Å². The summed E-state index contributed by atoms with van der Waals surface area (Å²) in [6, 6.07) is 42.5. The Bertz CT molecular complexity index is 2090. The minimum Gasteiger partial charge on any atom is -0.452 e. The first-order valence-electron chi connectivity index (χ1n) is 12.2. The van der Waals surface area contributed by atoms with Crippen LogP contribution in [0, 0.1) is 0 Å². The first-order chi connectivity index (χ1) is 17.8. The van der Waals surface area contributed by atoms with Gasteiger partial charge in [-0.3, -0.25) is 0 Å². The van der Waals surface area contributed by atoms with Crippen LogP contribution in [-0.2, 0) is 0 Å². The van der Waals surface area contributed by atoms with Gasteiger partial charge in [-0.1, -0.05) is 97.1 Å². The molecule has 0 amide bonds. The Kier molecular flexibility index (Phi) is 3.97. The van der Waals surface area contributed by atoms with Gasteiger partial charge in [-0.25, -0.2) is 0 Å². The van der Waals surface area contributed by atoms with Crippen molar-refractivity contribution in [1.82, 2.24) is 0 Å². The van der Waals surface area contributed by atoms with Crippen LogP contribution in [0.25, 0.3) is 76.9 Å². The molecular weight excluding hydrogens is 440 g/mol. The van der Waals surface area contributed by atoms with Crippen LogP contribution in [0.5, 0.6) is 0 Å². The van der Waals surface area contributed by atoms with Gasteiger partial charge in [0.15, 0.2) is 11.2 Å². The van der Waals surface area contributed by atoms with Crippen molar-refractivity contribution >= 4 is 54.6 Å². The Morgan fingerprint density at radius 3 is 1.61 bits per heavy atom. The maximum absolute atomic E-state index is 6.49. The van der Waals surface area contributed by atoms with Gasteiger partial charge in [0.05, 0.1) is 0 Å². The smallest absolute Gasteiger partial charge is 0.179 e. The molecule has 0 saturated heterocycles. The molecule has 0 radical (unpaired) electrons. The van der Waals surface area contributed by atoms with Crippen LogP contribution in [0.4, 0.5) is 0 Å². The summed E-state index contributed by atoms with van der Waals surface area (Å²) in [5, 5.41) is 6.80. The molecule has 2 nitrogen and oxygen atoms in total. The van der Waals surface area contributed by atoms with Gasteiger partial charge in [-0.2, -0.15) is 0 Å². The Morgan fingerprint density at radius 2 is 0.861 bits per heavy atom. The lowest BCUT2D eigenvalue weighted by Crippen LogP contribution is -1.82. The van der Waals surface area contributed by atoms with E-state index >= 15 is 0 Å². The van der Waals surface area contributed by atoms with Crippen LogP contribution < -0.4 is 0 Å². The monoisotopic (exact) mass is 460 g/mol. The summed E-state index contributed by atoms with van der Waals surface area (Å²) in [7, 11) is 0. The first-order valence-corrected chi connectivity index (χ1v) is 12.2. The normalized spacial score (nSPS) is 11.9. The number of hydrogen-bond acceptors (Lipinski definition) is 2. The molecule has 0 aliphatic heterocycles. The second-order valence-electron chi connectivity index (χ2n) is 9.31. The van der Waals surface area contributed by atoms with E-state index in [4.69, 9.17) is 8.83 Å². The quantitative estimate of drug-likeness (QED) is 0.256. The van der Waals surface area contributed by atoms with Gasteiger partial charge in [-0.15, -0.1) is 0 Å². The average Bonchev–Trinajstić information content (AvgIpc) is 3.53. The number of rotatable bonds is 2. The van der Waals surface area contributed by atoms with Crippen molar-refractivity contribution < 1.29 is 8.83 Å². The van der Waals surface area contributed by atoms with Crippen LogP contribution in [0.2, 0.25) is 0 Å². The zero-order valence-electron chi connectivity index (χ0n) is 19.4. The molecule has 36 heavy (non-hydrogen) atoms. The summed E-state index contributed by atoms with van der Waals surface area (Å²) in [6.45, 7) is 0. The Balaban J connectivity index is 1.44. The highest BCUT2D eigenvalue weighted by Gasteiger charge is 2.20. The molecule has 0 saturated carbocycles. The molecule has 0 fully saturated rings. The third-order valence-electron chi connectivity index (χ3n) is 7.26. The number of benzene rings is 6. The lowest BCUT2D eigenvalue weighted by atomic mass is 9.96. The van der Waals surface area contributed by atoms with Gasteiger partial charge in [0.25, 0.3) is 0 Å². The molecule has 0 aliphatic carbocycles. The van der Waals surface area contributed by atoms with Gasteiger partial charge < -0.3 is 8.83 Å². The molecule has 0 spiro atoms. The molecule has 0 atom stereocenters. The molecule has 2 heteroatoms. The highest BCUT2D eigenvalue weighted by atomic mass is 16.4. The summed E-state index contributed by atoms with van der Waals surface area (Å²) in [6.07, 6.45) is 0. The molecule has 168 valence electrons. The number of para-hydroxylation sites is 1. The topological polar surface area (TPSA) is 26.3 Å². The molecule has 0 N–H and O–H groups in total. The fourth-order valence-electron chi connectivity index (χ4n) is 5.61. The predicted octanol–water partition coefficient (Wildman–Crippen LogP) is 9.97. The van der Waals surface area contributed by atoms with Crippen molar-refractivity contribution in [2.45, 2.75) is 0 Å². The van der Waals surface area contributed by atoms with Crippen LogP contribution in [0.1, 0.15) is 0 Å². The lowest BCUT2D eigenvalue weighted by Gasteiger charge is -2.07. The highest BCUT2D eigenvalue weighted by Crippen LogP contribution is 2.45. The lowest BCUT2D eigenvalue weighted by molar-refractivity contribution is 0.633. The molecule has 8 aromatic rings. The van der Waals surface area contributed by atoms with Crippen LogP contribution >= 0.6 is 0 Å². The molecular formula is C34H20O2. The molecule has 0 aliphatic rings. The average molecular weight is 461 g/mol. The van der Waals surface area contributed by atoms with Crippen LogP contribution in [0.15, 0.2) is 130 Å². The summed E-state index contributed by atoms with van der Waals surface area (Å²) in [5.74, 6) is 0. The fraction of sp³-hybridized carbons (Fsp3) is 0. The molecule has 8 rings (SSSR count). The SMILES string of the molecule is c1ccc(-c2cccc(-c3ccc4oc5c6oc7ccccc7c6c6ccccc6c5c4c3)c2)cc1. The number of fused-ring (bicyclic) bond motifs is 10. The standard InChI is InChI=1S/C34H20O2/c1-2-9-21(10-3-1)22-11-8-12-23(19-22)24-17-18-30-28(20-24)32-26-14-5-4-13-25(26)31-27-15-6-7-16-29(27)35-33(31)34(32)36-30/h1-20H. The summed E-state index contributed by atoms with van der Waals surface area (Å²) >= 11 is 0. The Morgan fingerprint density at radius 1 is 0.333 bits per heavy atom. The molecule has 0 bridgehead atoms. The van der Waals surface area contributed by atoms with Crippen LogP contribution in [-0.4, -0.2) is 0 Å². The number of furan rings is 2. The third kappa shape index (κ3) is 2.73. The van der Waals surface area contributed by atoms with Crippen molar-refractivity contribution in [3.8, 4) is 22.3 Å². The van der Waals surface area contributed by atoms with E-state index in [-0.39, 0.29) is 0 Å². The summed E-state index contributed by atoms with van der Waals surface area (Å²) in [4.78, 5) is 0. The summed E-state index contributed by atoms with van der Waals surface area (Å²) in [5.41, 5.74) is 8.14. The Hall–Kier alpha value is -4.82. The Labute approximate surface area is 207 Å². The number of hydrogen-bond donors (Lipinski definition) is 0. The van der Waals surface area contributed by atoms with Gasteiger partial charge in [0.2, 0.25) is 0 Å². The van der Waals surface area contributed by atoms with Crippen molar-refractivity contribution in [2.24, 2.45) is 0 Å². The van der Waals surface area contributed by atoms with Crippen molar-refractivity contribution in [3.63, 3.8) is 0 Å². The minimum absolute atomic E-state index is 0.810. The van der Waals surface area contributed by atoms with Gasteiger partial charge in [0, 0.05) is 21.5 Å². The first kappa shape index (κ1) is 19.5. The zero-order valence-corrected chi connectivity index (χ0v) is 19.4. The van der Waals surface area contributed by atoms with E-state index in [2.05, 4.69) is 109 Å². The second-order valence-corrected chi connectivity index (χ2v) is 9.31. The minimum atomic E-state index is 0.810. The van der Waals surface area contributed by atoms with Crippen LogP contribution in [0.3, 0.4) is 0 Å². The maximum atomic E-state index is 6.49. The fourth-order valence-corrected chi connectivity index (χ4v) is 5.61. The van der Waals surface area contributed by atoms with Gasteiger partial charge in [0.1, 0.15) is 11.2 Å². The van der Waals surface area contributed by atoms with Crippen molar-refractivity contribution in [1.29, 1.82) is 0 Å². The molecule has 6 aromatic carbocycles.